The van der Waals surface area contributed by atoms with Gasteiger partial charge in [0.25, 0.3) is 0 Å². The van der Waals surface area contributed by atoms with Crippen LogP contribution >= 0.6 is 0 Å². The molecule has 6 heteroatoms. The Kier molecular flexibility index (Phi) is 4.95. The fourth-order valence-corrected chi connectivity index (χ4v) is 4.84. The van der Waals surface area contributed by atoms with Crippen molar-refractivity contribution >= 4 is 5.91 Å². The lowest BCUT2D eigenvalue weighted by molar-refractivity contribution is -0.132. The zero-order valence-corrected chi connectivity index (χ0v) is 16.7. The molecule has 0 saturated heterocycles. The number of aromatic nitrogens is 4. The molecule has 5 rings (SSSR count). The van der Waals surface area contributed by atoms with E-state index in [4.69, 9.17) is 0 Å². The number of hydrogen-bond donors (Lipinski definition) is 0. The minimum atomic E-state index is 0.344. The molecule has 0 bridgehead atoms. The van der Waals surface area contributed by atoms with Crippen LogP contribution in [0.5, 0.6) is 0 Å². The van der Waals surface area contributed by atoms with Gasteiger partial charge in [-0.3, -0.25) is 9.48 Å². The van der Waals surface area contributed by atoms with E-state index in [9.17, 15) is 4.79 Å². The van der Waals surface area contributed by atoms with Crippen molar-refractivity contribution in [1.29, 1.82) is 0 Å². The van der Waals surface area contributed by atoms with Gasteiger partial charge in [-0.1, -0.05) is 19.3 Å². The van der Waals surface area contributed by atoms with E-state index < -0.39 is 0 Å². The van der Waals surface area contributed by atoms with Gasteiger partial charge >= 0.3 is 0 Å². The van der Waals surface area contributed by atoms with Gasteiger partial charge in [0.05, 0.1) is 18.1 Å². The van der Waals surface area contributed by atoms with Crippen LogP contribution in [0.3, 0.4) is 0 Å². The first-order chi connectivity index (χ1) is 13.8. The highest BCUT2D eigenvalue weighted by Gasteiger charge is 2.25. The molecule has 6 nitrogen and oxygen atoms in total. The van der Waals surface area contributed by atoms with Crippen LogP contribution in [0.4, 0.5) is 0 Å². The molecular weight excluding hydrogens is 350 g/mol. The summed E-state index contributed by atoms with van der Waals surface area (Å²) in [5.41, 5.74) is 2.28. The van der Waals surface area contributed by atoms with Crippen molar-refractivity contribution in [2.75, 3.05) is 13.1 Å². The Morgan fingerprint density at radius 1 is 1.00 bits per heavy atom. The molecule has 2 aromatic heterocycles. The number of carbonyl (C=O) groups excluding carboxylic acids is 1. The average Bonchev–Trinajstić information content (AvgIpc) is 3.32. The third kappa shape index (κ3) is 3.87. The lowest BCUT2D eigenvalue weighted by Gasteiger charge is -2.25. The SMILES string of the molecule is O=C(CC1CCCCC1)N1CCc2ncc(-c3cnn(CC4CC4)c3)n2CC1. The van der Waals surface area contributed by atoms with Gasteiger partial charge in [0.15, 0.2) is 0 Å². The molecule has 2 aliphatic carbocycles. The predicted octanol–water partition coefficient (Wildman–Crippen LogP) is 3.51. The van der Waals surface area contributed by atoms with Crippen LogP contribution in [-0.2, 0) is 24.3 Å². The fraction of sp³-hybridized carbons (Fsp3) is 0.682. The maximum atomic E-state index is 12.8. The summed E-state index contributed by atoms with van der Waals surface area (Å²) >= 11 is 0. The van der Waals surface area contributed by atoms with Crippen LogP contribution in [0.1, 0.15) is 57.2 Å². The van der Waals surface area contributed by atoms with E-state index in [0.717, 1.165) is 62.0 Å². The second-order valence-corrected chi connectivity index (χ2v) is 8.94. The van der Waals surface area contributed by atoms with Gasteiger partial charge in [0.2, 0.25) is 5.91 Å². The molecule has 0 spiro atoms. The largest absolute Gasteiger partial charge is 0.340 e. The summed E-state index contributed by atoms with van der Waals surface area (Å²) in [7, 11) is 0. The van der Waals surface area contributed by atoms with Gasteiger partial charge in [-0.25, -0.2) is 4.98 Å². The van der Waals surface area contributed by atoms with E-state index in [1.807, 2.05) is 12.4 Å². The summed E-state index contributed by atoms with van der Waals surface area (Å²) in [5, 5.41) is 4.54. The number of imidazole rings is 1. The minimum Gasteiger partial charge on any atom is -0.340 e. The summed E-state index contributed by atoms with van der Waals surface area (Å²) in [6, 6.07) is 0. The molecule has 3 heterocycles. The molecule has 28 heavy (non-hydrogen) atoms. The second-order valence-electron chi connectivity index (χ2n) is 8.94. The highest BCUT2D eigenvalue weighted by Crippen LogP contribution is 2.31. The Hall–Kier alpha value is -2.11. The molecule has 0 aromatic carbocycles. The van der Waals surface area contributed by atoms with Crippen molar-refractivity contribution in [1.82, 2.24) is 24.2 Å². The van der Waals surface area contributed by atoms with Gasteiger partial charge in [0, 0.05) is 50.8 Å². The fourth-order valence-electron chi connectivity index (χ4n) is 4.84. The topological polar surface area (TPSA) is 56.0 Å². The summed E-state index contributed by atoms with van der Waals surface area (Å²) < 4.78 is 4.37. The average molecular weight is 382 g/mol. The van der Waals surface area contributed by atoms with E-state index >= 15 is 0 Å². The number of carbonyl (C=O) groups is 1. The van der Waals surface area contributed by atoms with Crippen molar-refractivity contribution in [2.24, 2.45) is 11.8 Å². The number of hydrogen-bond acceptors (Lipinski definition) is 3. The summed E-state index contributed by atoms with van der Waals surface area (Å²) in [5.74, 6) is 2.86. The van der Waals surface area contributed by atoms with Crippen LogP contribution in [0.2, 0.25) is 0 Å². The van der Waals surface area contributed by atoms with Crippen LogP contribution in [0.15, 0.2) is 18.6 Å². The van der Waals surface area contributed by atoms with Crippen molar-refractivity contribution < 1.29 is 4.79 Å². The Morgan fingerprint density at radius 3 is 2.68 bits per heavy atom. The van der Waals surface area contributed by atoms with Gasteiger partial charge in [-0.15, -0.1) is 0 Å². The molecule has 0 radical (unpaired) electrons. The van der Waals surface area contributed by atoms with Gasteiger partial charge < -0.3 is 9.47 Å². The molecule has 0 unspecified atom stereocenters. The first kappa shape index (κ1) is 18.0. The quantitative estimate of drug-likeness (QED) is 0.796. The Bertz CT molecular complexity index is 828. The lowest BCUT2D eigenvalue weighted by atomic mass is 9.86. The highest BCUT2D eigenvalue weighted by molar-refractivity contribution is 5.76. The third-order valence-corrected chi connectivity index (χ3v) is 6.75. The highest BCUT2D eigenvalue weighted by atomic mass is 16.2. The standard InChI is InChI=1S/C22H31N5O/c28-22(12-17-4-2-1-3-5-17)25-9-8-21-23-14-20(27(21)11-10-25)19-13-24-26(16-19)15-18-6-7-18/h13-14,16-18H,1-12,15H2. The Morgan fingerprint density at radius 2 is 1.86 bits per heavy atom. The van der Waals surface area contributed by atoms with Gasteiger partial charge in [0.1, 0.15) is 5.82 Å². The molecule has 0 N–H and O–H groups in total. The maximum Gasteiger partial charge on any atom is 0.222 e. The molecule has 1 aliphatic heterocycles. The lowest BCUT2D eigenvalue weighted by Crippen LogP contribution is -2.35. The summed E-state index contributed by atoms with van der Waals surface area (Å²) in [6.45, 7) is 3.44. The van der Waals surface area contributed by atoms with Crippen molar-refractivity contribution in [3.63, 3.8) is 0 Å². The van der Waals surface area contributed by atoms with E-state index in [0.29, 0.717) is 11.8 Å². The zero-order chi connectivity index (χ0) is 18.9. The van der Waals surface area contributed by atoms with E-state index in [2.05, 4.69) is 30.4 Å². The van der Waals surface area contributed by atoms with Crippen LogP contribution < -0.4 is 0 Å². The molecule has 150 valence electrons. The maximum absolute atomic E-state index is 12.8. The molecule has 3 aliphatic rings. The summed E-state index contributed by atoms with van der Waals surface area (Å²) in [6.07, 6.45) is 16.7. The number of rotatable bonds is 5. The molecule has 0 atom stereocenters. The smallest absolute Gasteiger partial charge is 0.222 e. The normalized spacial score (nSPS) is 20.8. The monoisotopic (exact) mass is 381 g/mol. The van der Waals surface area contributed by atoms with Gasteiger partial charge in [-0.2, -0.15) is 5.10 Å². The Balaban J connectivity index is 1.24. The number of fused-ring (bicyclic) bond motifs is 1. The predicted molar refractivity (Wildman–Crippen MR) is 108 cm³/mol. The van der Waals surface area contributed by atoms with E-state index in [-0.39, 0.29) is 0 Å². The van der Waals surface area contributed by atoms with E-state index in [1.54, 1.807) is 0 Å². The number of amides is 1. The Labute approximate surface area is 166 Å². The second kappa shape index (κ2) is 7.72. The third-order valence-electron chi connectivity index (χ3n) is 6.75. The molecule has 2 fully saturated rings. The van der Waals surface area contributed by atoms with Crippen LogP contribution in [-0.4, -0.2) is 43.2 Å². The van der Waals surface area contributed by atoms with Crippen molar-refractivity contribution in [2.45, 2.75) is 70.9 Å². The molecule has 1 amide bonds. The minimum absolute atomic E-state index is 0.344. The molecular formula is C22H31N5O. The van der Waals surface area contributed by atoms with Crippen LogP contribution in [0, 0.1) is 11.8 Å². The van der Waals surface area contributed by atoms with Gasteiger partial charge in [-0.05, 0) is 37.5 Å². The first-order valence-corrected chi connectivity index (χ1v) is 11.1. The number of nitrogens with zero attached hydrogens (tertiary/aromatic N) is 5. The zero-order valence-electron chi connectivity index (χ0n) is 16.7. The van der Waals surface area contributed by atoms with E-state index in [1.165, 1.54) is 44.9 Å². The summed E-state index contributed by atoms with van der Waals surface area (Å²) in [4.78, 5) is 19.6. The molecule has 2 saturated carbocycles. The van der Waals surface area contributed by atoms with Crippen molar-refractivity contribution in [3.05, 3.63) is 24.4 Å². The van der Waals surface area contributed by atoms with Crippen molar-refractivity contribution in [3.8, 4) is 11.3 Å². The van der Waals surface area contributed by atoms with Crippen LogP contribution in [0.25, 0.3) is 11.3 Å². The molecule has 2 aromatic rings. The first-order valence-electron chi connectivity index (χ1n) is 11.1.